The lowest BCUT2D eigenvalue weighted by atomic mass is 9.47. The summed E-state index contributed by atoms with van der Waals surface area (Å²) in [6, 6.07) is 0. The van der Waals surface area contributed by atoms with E-state index in [2.05, 4.69) is 26.5 Å². The zero-order chi connectivity index (χ0) is 16.6. The second-order valence-electron chi connectivity index (χ2n) is 8.26. The number of allylic oxidation sites excluding steroid dienone is 5. The van der Waals surface area contributed by atoms with Gasteiger partial charge in [-0.2, -0.15) is 0 Å². The van der Waals surface area contributed by atoms with Crippen LogP contribution in [0.3, 0.4) is 0 Å². The van der Waals surface area contributed by atoms with Gasteiger partial charge in [-0.05, 0) is 55.1 Å². The molecule has 0 aliphatic heterocycles. The summed E-state index contributed by atoms with van der Waals surface area (Å²) in [7, 11) is 0. The number of halogens is 1. The third-order valence-electron chi connectivity index (χ3n) is 7.34. The van der Waals surface area contributed by atoms with Crippen molar-refractivity contribution in [3.63, 3.8) is 0 Å². The molecule has 0 spiro atoms. The fourth-order valence-corrected chi connectivity index (χ4v) is 6.26. The molecule has 0 N–H and O–H groups in total. The zero-order valence-corrected chi connectivity index (χ0v) is 14.6. The van der Waals surface area contributed by atoms with E-state index in [1.54, 1.807) is 6.08 Å². The number of fused-ring (bicyclic) bond motifs is 5. The Morgan fingerprint density at radius 1 is 1.22 bits per heavy atom. The lowest BCUT2D eigenvalue weighted by Gasteiger charge is -2.56. The highest BCUT2D eigenvalue weighted by Gasteiger charge is 2.59. The minimum Gasteiger partial charge on any atom is -0.299 e. The van der Waals surface area contributed by atoms with Crippen molar-refractivity contribution >= 4 is 23.2 Å². The summed E-state index contributed by atoms with van der Waals surface area (Å²) >= 11 is 6.37. The molecule has 0 radical (unpaired) electrons. The minimum atomic E-state index is -0.167. The second kappa shape index (κ2) is 4.69. The Balaban J connectivity index is 1.81. The molecule has 2 nitrogen and oxygen atoms in total. The van der Waals surface area contributed by atoms with Crippen molar-refractivity contribution in [2.45, 2.75) is 46.0 Å². The van der Waals surface area contributed by atoms with Crippen LogP contribution < -0.4 is 0 Å². The summed E-state index contributed by atoms with van der Waals surface area (Å²) in [6.45, 7) is 8.74. The summed E-state index contributed by atoms with van der Waals surface area (Å²) in [5.74, 6) is 1.54. The number of hydrogen-bond donors (Lipinski definition) is 0. The van der Waals surface area contributed by atoms with Crippen LogP contribution in [0.15, 0.2) is 34.9 Å². The van der Waals surface area contributed by atoms with Gasteiger partial charge in [0, 0.05) is 17.3 Å². The van der Waals surface area contributed by atoms with Crippen LogP contribution in [0.1, 0.15) is 46.0 Å². The number of carbonyl (C=O) groups is 2. The van der Waals surface area contributed by atoms with E-state index in [-0.39, 0.29) is 16.6 Å². The molecule has 23 heavy (non-hydrogen) atoms. The molecular formula is C20H23ClO2. The summed E-state index contributed by atoms with van der Waals surface area (Å²) in [6.07, 6.45) is 8.07. The van der Waals surface area contributed by atoms with E-state index in [0.717, 1.165) is 24.8 Å². The monoisotopic (exact) mass is 330 g/mol. The highest BCUT2D eigenvalue weighted by Crippen LogP contribution is 2.65. The van der Waals surface area contributed by atoms with Gasteiger partial charge in [-0.1, -0.05) is 43.7 Å². The van der Waals surface area contributed by atoms with Crippen molar-refractivity contribution in [1.82, 2.24) is 0 Å². The highest BCUT2D eigenvalue weighted by molar-refractivity contribution is 6.45. The van der Waals surface area contributed by atoms with Crippen LogP contribution in [0.4, 0.5) is 0 Å². The van der Waals surface area contributed by atoms with Crippen LogP contribution in [0, 0.1) is 28.6 Å². The van der Waals surface area contributed by atoms with Crippen molar-refractivity contribution < 1.29 is 9.59 Å². The van der Waals surface area contributed by atoms with E-state index in [0.29, 0.717) is 41.4 Å². The van der Waals surface area contributed by atoms with E-state index in [9.17, 15) is 9.59 Å². The van der Waals surface area contributed by atoms with Crippen LogP contribution in [0.25, 0.3) is 0 Å². The SMILES string of the molecule is C=C1CC2=C(Cl)C(=O)C=C[C@]2(C)[C@H]2CC[C@]3(C)C(=O)CC[C@H]3[C@H]12. The highest BCUT2D eigenvalue weighted by atomic mass is 35.5. The molecule has 4 aliphatic rings. The summed E-state index contributed by atoms with van der Waals surface area (Å²) in [4.78, 5) is 24.4. The molecule has 0 heterocycles. The van der Waals surface area contributed by atoms with Gasteiger partial charge in [0.1, 0.15) is 5.78 Å². The Kier molecular flexibility index (Phi) is 3.14. The molecule has 0 aromatic heterocycles. The van der Waals surface area contributed by atoms with Crippen LogP contribution in [0.2, 0.25) is 0 Å². The van der Waals surface area contributed by atoms with Crippen molar-refractivity contribution in [2.24, 2.45) is 28.6 Å². The molecule has 0 amide bonds. The third-order valence-corrected chi connectivity index (χ3v) is 7.75. The van der Waals surface area contributed by atoms with Gasteiger partial charge in [0.15, 0.2) is 5.78 Å². The standard InChI is InChI=1S/C20H23ClO2/c1-11-10-14-18(21)15(22)7-9-19(14,2)13-6-8-20(3)12(17(11)13)4-5-16(20)23/h7,9,12-13,17H,1,4-6,8,10H2,2-3H3/t12-,13-,17-,19+,20-/m0/s1. The molecule has 0 bridgehead atoms. The van der Waals surface area contributed by atoms with Crippen molar-refractivity contribution in [1.29, 1.82) is 0 Å². The summed E-state index contributed by atoms with van der Waals surface area (Å²) in [5.41, 5.74) is 1.89. The second-order valence-corrected chi connectivity index (χ2v) is 8.64. The first-order valence-electron chi connectivity index (χ1n) is 8.62. The Morgan fingerprint density at radius 3 is 2.70 bits per heavy atom. The average molecular weight is 331 g/mol. The Bertz CT molecular complexity index is 700. The lowest BCUT2D eigenvalue weighted by Crippen LogP contribution is -2.50. The molecule has 0 unspecified atom stereocenters. The number of hydrogen-bond acceptors (Lipinski definition) is 2. The van der Waals surface area contributed by atoms with E-state index in [1.165, 1.54) is 5.57 Å². The van der Waals surface area contributed by atoms with Gasteiger partial charge in [0.25, 0.3) is 0 Å². The summed E-state index contributed by atoms with van der Waals surface area (Å²) in [5, 5.41) is 0.394. The maximum Gasteiger partial charge on any atom is 0.196 e. The first-order valence-corrected chi connectivity index (χ1v) is 9.00. The molecule has 4 rings (SSSR count). The Hall–Kier alpha value is -1.15. The normalized spacial score (nSPS) is 45.9. The van der Waals surface area contributed by atoms with Crippen molar-refractivity contribution in [2.75, 3.05) is 0 Å². The average Bonchev–Trinajstić information content (AvgIpc) is 2.82. The number of rotatable bonds is 0. The van der Waals surface area contributed by atoms with Gasteiger partial charge < -0.3 is 0 Å². The van der Waals surface area contributed by atoms with E-state index in [1.807, 2.05) is 0 Å². The quantitative estimate of drug-likeness (QED) is 0.608. The first-order chi connectivity index (χ1) is 10.8. The van der Waals surface area contributed by atoms with Crippen LogP contribution in [-0.2, 0) is 9.59 Å². The van der Waals surface area contributed by atoms with Gasteiger partial charge in [-0.25, -0.2) is 0 Å². The molecule has 3 saturated carbocycles. The number of carbonyl (C=O) groups excluding carboxylic acids is 2. The minimum absolute atomic E-state index is 0.0814. The van der Waals surface area contributed by atoms with E-state index >= 15 is 0 Å². The van der Waals surface area contributed by atoms with Gasteiger partial charge in [-0.15, -0.1) is 0 Å². The fourth-order valence-electron chi connectivity index (χ4n) is 5.92. The predicted octanol–water partition coefficient (Wildman–Crippen LogP) is 4.60. The largest absolute Gasteiger partial charge is 0.299 e. The Labute approximate surface area is 142 Å². The van der Waals surface area contributed by atoms with Gasteiger partial charge >= 0.3 is 0 Å². The topological polar surface area (TPSA) is 34.1 Å². The zero-order valence-electron chi connectivity index (χ0n) is 13.8. The molecule has 0 saturated heterocycles. The van der Waals surface area contributed by atoms with E-state index < -0.39 is 0 Å². The molecule has 3 fully saturated rings. The maximum absolute atomic E-state index is 12.5. The van der Waals surface area contributed by atoms with E-state index in [4.69, 9.17) is 11.6 Å². The van der Waals surface area contributed by atoms with Crippen LogP contribution in [-0.4, -0.2) is 11.6 Å². The van der Waals surface area contributed by atoms with Gasteiger partial charge in [0.2, 0.25) is 0 Å². The molecule has 122 valence electrons. The third kappa shape index (κ3) is 1.82. The molecule has 5 atom stereocenters. The van der Waals surface area contributed by atoms with Crippen molar-refractivity contribution in [3.8, 4) is 0 Å². The predicted molar refractivity (Wildman–Crippen MR) is 90.9 cm³/mol. The molecular weight excluding hydrogens is 308 g/mol. The van der Waals surface area contributed by atoms with Gasteiger partial charge in [0.05, 0.1) is 5.03 Å². The fraction of sp³-hybridized carbons (Fsp3) is 0.600. The van der Waals surface area contributed by atoms with Crippen LogP contribution in [0.5, 0.6) is 0 Å². The maximum atomic E-state index is 12.5. The first kappa shape index (κ1) is 15.4. The number of ketones is 2. The lowest BCUT2D eigenvalue weighted by molar-refractivity contribution is -0.130. The Morgan fingerprint density at radius 2 is 1.96 bits per heavy atom. The molecule has 4 aliphatic carbocycles. The molecule has 3 heteroatoms. The molecule has 0 aromatic carbocycles. The van der Waals surface area contributed by atoms with Crippen LogP contribution >= 0.6 is 11.6 Å². The smallest absolute Gasteiger partial charge is 0.196 e. The van der Waals surface area contributed by atoms with Crippen molar-refractivity contribution in [3.05, 3.63) is 34.9 Å². The van der Waals surface area contributed by atoms with Gasteiger partial charge in [-0.3, -0.25) is 9.59 Å². The molecule has 0 aromatic rings. The number of Topliss-reactive ketones (excluding diaryl/α,β-unsaturated/α-hetero) is 1. The summed E-state index contributed by atoms with van der Waals surface area (Å²) < 4.78 is 0.